The number of esters is 1. The Morgan fingerprint density at radius 3 is 2.62 bits per heavy atom. The van der Waals surface area contributed by atoms with E-state index in [-0.39, 0.29) is 17.7 Å². The first-order valence-corrected chi connectivity index (χ1v) is 13.0. The third-order valence-corrected chi connectivity index (χ3v) is 7.07. The minimum absolute atomic E-state index is 0.0106. The van der Waals surface area contributed by atoms with Crippen LogP contribution in [0.15, 0.2) is 35.3 Å². The van der Waals surface area contributed by atoms with Crippen LogP contribution in [-0.2, 0) is 27.9 Å². The van der Waals surface area contributed by atoms with Gasteiger partial charge >= 0.3 is 5.97 Å². The Balaban J connectivity index is 1.62. The van der Waals surface area contributed by atoms with Crippen LogP contribution in [0.4, 0.5) is 0 Å². The minimum Gasteiger partial charge on any atom is -0.461 e. The first-order chi connectivity index (χ1) is 17.7. The smallest absolute Gasteiger partial charge is 0.326 e. The maximum atomic E-state index is 12.7. The number of pyridine rings is 1. The fraction of sp³-hybridized carbons (Fsp3) is 0.536. The van der Waals surface area contributed by atoms with Gasteiger partial charge in [-0.15, -0.1) is 0 Å². The van der Waals surface area contributed by atoms with E-state index in [4.69, 9.17) is 14.5 Å². The van der Waals surface area contributed by atoms with Crippen LogP contribution in [0.1, 0.15) is 56.7 Å². The van der Waals surface area contributed by atoms with Crippen LogP contribution in [0, 0.1) is 6.92 Å². The molecule has 0 amide bonds. The Morgan fingerprint density at radius 2 is 1.97 bits per heavy atom. The zero-order valence-corrected chi connectivity index (χ0v) is 22.4. The summed E-state index contributed by atoms with van der Waals surface area (Å²) in [6, 6.07) is 7.06. The van der Waals surface area contributed by atoms with Gasteiger partial charge in [-0.2, -0.15) is 0 Å². The number of carbonyl (C=O) groups is 1. The molecule has 37 heavy (non-hydrogen) atoms. The van der Waals surface area contributed by atoms with Gasteiger partial charge in [0.1, 0.15) is 18.0 Å². The summed E-state index contributed by atoms with van der Waals surface area (Å²) >= 11 is 0. The molecule has 1 aliphatic rings. The van der Waals surface area contributed by atoms with Crippen molar-refractivity contribution < 1.29 is 19.4 Å². The molecule has 0 aliphatic heterocycles. The second-order valence-electron chi connectivity index (χ2n) is 10.2. The molecule has 1 saturated carbocycles. The highest BCUT2D eigenvalue weighted by Gasteiger charge is 2.28. The predicted octanol–water partition coefficient (Wildman–Crippen LogP) is 3.24. The van der Waals surface area contributed by atoms with E-state index in [9.17, 15) is 14.7 Å². The molecule has 3 atom stereocenters. The number of rotatable bonds is 10. The number of hydrogen-bond acceptors (Lipinski definition) is 7. The van der Waals surface area contributed by atoms with Gasteiger partial charge in [-0.1, -0.05) is 6.07 Å². The van der Waals surface area contributed by atoms with Crippen molar-refractivity contribution >= 4 is 17.0 Å². The van der Waals surface area contributed by atoms with E-state index in [2.05, 4.69) is 16.8 Å². The normalized spacial score (nSPS) is 16.7. The molecule has 2 aromatic heterocycles. The molecule has 0 unspecified atom stereocenters. The number of aromatic nitrogens is 3. The van der Waals surface area contributed by atoms with Crippen LogP contribution in [-0.4, -0.2) is 57.2 Å². The molecule has 0 saturated heterocycles. The highest BCUT2D eigenvalue weighted by molar-refractivity contribution is 5.82. The summed E-state index contributed by atoms with van der Waals surface area (Å²) in [5, 5.41) is 13.4. The summed E-state index contributed by atoms with van der Waals surface area (Å²) in [6.45, 7) is 6.35. The van der Waals surface area contributed by atoms with Gasteiger partial charge in [-0.25, -0.2) is 4.98 Å². The van der Waals surface area contributed by atoms with Crippen LogP contribution >= 0.6 is 0 Å². The molecule has 0 radical (unpaired) electrons. The van der Waals surface area contributed by atoms with E-state index >= 15 is 0 Å². The standard InChI is InChI=1S/C28H38N4O5/c1-17-12-21(15-31(4)27(17)34)26-30-23-13-20(10-11-24(23)32(26)18(2)16-36-5)14-29-25(19(3)33)28(35)37-22-8-6-7-9-22/h10-13,15,18-19,22,25,29,33H,6-9,14,16H2,1-5H3/t18-,19+,25-/m0/s1. The number of methoxy groups -OCH3 is 1. The first-order valence-electron chi connectivity index (χ1n) is 13.0. The molecule has 2 heterocycles. The number of benzene rings is 1. The van der Waals surface area contributed by atoms with Crippen LogP contribution in [0.2, 0.25) is 0 Å². The first kappa shape index (κ1) is 27.0. The number of imidazole rings is 1. The second kappa shape index (κ2) is 11.6. The summed E-state index contributed by atoms with van der Waals surface area (Å²) in [5.74, 6) is 0.346. The summed E-state index contributed by atoms with van der Waals surface area (Å²) in [5.41, 5.74) is 4.13. The van der Waals surface area contributed by atoms with E-state index in [1.54, 1.807) is 38.8 Å². The maximum absolute atomic E-state index is 12.7. The van der Waals surface area contributed by atoms with Gasteiger partial charge in [0.05, 0.1) is 29.8 Å². The second-order valence-corrected chi connectivity index (χ2v) is 10.2. The van der Waals surface area contributed by atoms with Crippen LogP contribution in [0.3, 0.4) is 0 Å². The van der Waals surface area contributed by atoms with Gasteiger partial charge in [0.15, 0.2) is 0 Å². The Bertz CT molecular complexity index is 1280. The Morgan fingerprint density at radius 1 is 1.24 bits per heavy atom. The lowest BCUT2D eigenvalue weighted by Crippen LogP contribution is -2.46. The van der Waals surface area contributed by atoms with E-state index in [1.807, 2.05) is 24.3 Å². The van der Waals surface area contributed by atoms with Crippen LogP contribution in [0.25, 0.3) is 22.4 Å². The molecule has 1 fully saturated rings. The summed E-state index contributed by atoms with van der Waals surface area (Å²) in [6.07, 6.45) is 4.78. The van der Waals surface area contributed by atoms with Crippen LogP contribution in [0.5, 0.6) is 0 Å². The third-order valence-electron chi connectivity index (χ3n) is 7.07. The number of ether oxygens (including phenoxy) is 2. The largest absolute Gasteiger partial charge is 0.461 e. The zero-order chi connectivity index (χ0) is 26.7. The average Bonchev–Trinajstić information content (AvgIpc) is 3.49. The summed E-state index contributed by atoms with van der Waals surface area (Å²) in [7, 11) is 3.41. The van der Waals surface area contributed by atoms with Crippen molar-refractivity contribution in [3.8, 4) is 11.4 Å². The van der Waals surface area contributed by atoms with Crippen LogP contribution < -0.4 is 10.9 Å². The Hall–Kier alpha value is -3.01. The molecule has 0 spiro atoms. The molecule has 200 valence electrons. The quantitative estimate of drug-likeness (QED) is 0.403. The van der Waals surface area contributed by atoms with E-state index in [1.165, 1.54) is 0 Å². The lowest BCUT2D eigenvalue weighted by atomic mass is 10.1. The Kier molecular flexibility index (Phi) is 8.46. The highest BCUT2D eigenvalue weighted by Crippen LogP contribution is 2.29. The SMILES string of the molecule is COC[C@H](C)n1c(-c2cc(C)c(=O)n(C)c2)nc2cc(CN[C@H](C(=O)OC3CCCC3)[C@@H](C)O)ccc21. The fourth-order valence-corrected chi connectivity index (χ4v) is 5.14. The van der Waals surface area contributed by atoms with Crippen molar-refractivity contribution in [2.45, 2.75) is 77.3 Å². The maximum Gasteiger partial charge on any atom is 0.326 e. The van der Waals surface area contributed by atoms with Crippen molar-refractivity contribution in [2.24, 2.45) is 7.05 Å². The molecule has 4 rings (SSSR count). The Labute approximate surface area is 217 Å². The van der Waals surface area contributed by atoms with Crippen molar-refractivity contribution in [3.05, 3.63) is 51.9 Å². The number of hydrogen-bond donors (Lipinski definition) is 2. The molecule has 0 bridgehead atoms. The van der Waals surface area contributed by atoms with Gasteiger partial charge in [-0.3, -0.25) is 14.9 Å². The molecular formula is C28H38N4O5. The molecular weight excluding hydrogens is 472 g/mol. The minimum atomic E-state index is -0.883. The topological polar surface area (TPSA) is 108 Å². The van der Waals surface area contributed by atoms with E-state index < -0.39 is 18.1 Å². The number of aliphatic hydroxyl groups is 1. The molecule has 9 heteroatoms. The summed E-state index contributed by atoms with van der Waals surface area (Å²) in [4.78, 5) is 29.9. The lowest BCUT2D eigenvalue weighted by molar-refractivity contribution is -0.154. The molecule has 3 aromatic rings. The van der Waals surface area contributed by atoms with Crippen molar-refractivity contribution in [1.82, 2.24) is 19.4 Å². The number of nitrogens with zero attached hydrogens (tertiary/aromatic N) is 3. The van der Waals surface area contributed by atoms with Crippen molar-refractivity contribution in [1.29, 1.82) is 0 Å². The van der Waals surface area contributed by atoms with Gasteiger partial charge in [0.2, 0.25) is 0 Å². The zero-order valence-electron chi connectivity index (χ0n) is 22.4. The van der Waals surface area contributed by atoms with E-state index in [0.29, 0.717) is 18.7 Å². The monoisotopic (exact) mass is 510 g/mol. The number of nitrogens with one attached hydrogen (secondary N) is 1. The fourth-order valence-electron chi connectivity index (χ4n) is 5.14. The van der Waals surface area contributed by atoms with Crippen molar-refractivity contribution in [2.75, 3.05) is 13.7 Å². The van der Waals surface area contributed by atoms with Gasteiger partial charge in [-0.05, 0) is 70.2 Å². The van der Waals surface area contributed by atoms with Gasteiger partial charge in [0.25, 0.3) is 5.56 Å². The number of aryl methyl sites for hydroxylation is 2. The van der Waals surface area contributed by atoms with E-state index in [0.717, 1.165) is 53.7 Å². The highest BCUT2D eigenvalue weighted by atomic mass is 16.5. The van der Waals surface area contributed by atoms with Gasteiger partial charge < -0.3 is 23.7 Å². The van der Waals surface area contributed by atoms with Gasteiger partial charge in [0, 0.05) is 38.0 Å². The van der Waals surface area contributed by atoms with Crippen molar-refractivity contribution in [3.63, 3.8) is 0 Å². The molecule has 1 aromatic carbocycles. The lowest BCUT2D eigenvalue weighted by Gasteiger charge is -2.22. The average molecular weight is 511 g/mol. The summed E-state index contributed by atoms with van der Waals surface area (Å²) < 4.78 is 14.8. The number of carbonyl (C=O) groups excluding carboxylic acids is 1. The number of fused-ring (bicyclic) bond motifs is 1. The number of aliphatic hydroxyl groups excluding tert-OH is 1. The third kappa shape index (κ3) is 5.95. The molecule has 2 N–H and O–H groups in total. The predicted molar refractivity (Wildman–Crippen MR) is 142 cm³/mol. The molecule has 1 aliphatic carbocycles. The molecule has 9 nitrogen and oxygen atoms in total.